The third-order valence-electron chi connectivity index (χ3n) is 3.06. The van der Waals surface area contributed by atoms with E-state index in [1.54, 1.807) is 24.3 Å². The minimum atomic E-state index is -0.179. The fourth-order valence-electron chi connectivity index (χ4n) is 2.11. The fourth-order valence-corrected chi connectivity index (χ4v) is 2.32. The molecular weight excluding hydrogens is 284 g/mol. The zero-order valence-electron chi connectivity index (χ0n) is 11.6. The van der Waals surface area contributed by atoms with E-state index in [-0.39, 0.29) is 11.9 Å². The van der Waals surface area contributed by atoms with Gasteiger partial charge in [0.2, 0.25) is 0 Å². The SMILES string of the molecule is C[C@@H](Cc1cccc(Cl)c1)NC(=O)c1cccc(C#N)c1. The molecule has 3 nitrogen and oxygen atoms in total. The Bertz CT molecular complexity index is 691. The number of nitrogens with one attached hydrogen (secondary N) is 1. The predicted octanol–water partition coefficient (Wildman–Crippen LogP) is 3.57. The van der Waals surface area contributed by atoms with E-state index in [0.717, 1.165) is 5.56 Å². The Morgan fingerprint density at radius 2 is 2.05 bits per heavy atom. The maximum absolute atomic E-state index is 12.1. The van der Waals surface area contributed by atoms with Crippen LogP contribution in [-0.4, -0.2) is 11.9 Å². The zero-order chi connectivity index (χ0) is 15.2. The molecule has 0 radical (unpaired) electrons. The third-order valence-corrected chi connectivity index (χ3v) is 3.30. The molecule has 21 heavy (non-hydrogen) atoms. The van der Waals surface area contributed by atoms with Gasteiger partial charge in [0.25, 0.3) is 5.91 Å². The van der Waals surface area contributed by atoms with E-state index >= 15 is 0 Å². The van der Waals surface area contributed by atoms with Crippen LogP contribution in [-0.2, 0) is 6.42 Å². The van der Waals surface area contributed by atoms with Crippen LogP contribution in [0.5, 0.6) is 0 Å². The smallest absolute Gasteiger partial charge is 0.251 e. The molecular formula is C17H15ClN2O. The summed E-state index contributed by atoms with van der Waals surface area (Å²) in [5.74, 6) is -0.179. The Kier molecular flexibility index (Phi) is 4.97. The number of halogens is 1. The van der Waals surface area contributed by atoms with Gasteiger partial charge in [-0.1, -0.05) is 29.8 Å². The first kappa shape index (κ1) is 15.1. The maximum Gasteiger partial charge on any atom is 0.251 e. The Morgan fingerprint density at radius 3 is 2.76 bits per heavy atom. The van der Waals surface area contributed by atoms with E-state index in [1.807, 2.05) is 37.3 Å². The Morgan fingerprint density at radius 1 is 1.29 bits per heavy atom. The molecule has 0 aliphatic heterocycles. The number of hydrogen-bond acceptors (Lipinski definition) is 2. The lowest BCUT2D eigenvalue weighted by molar-refractivity contribution is 0.0940. The van der Waals surface area contributed by atoms with Crippen LogP contribution >= 0.6 is 11.6 Å². The highest BCUT2D eigenvalue weighted by Gasteiger charge is 2.11. The molecule has 0 bridgehead atoms. The van der Waals surface area contributed by atoms with Gasteiger partial charge in [-0.3, -0.25) is 4.79 Å². The monoisotopic (exact) mass is 298 g/mol. The second kappa shape index (κ2) is 6.92. The molecule has 0 spiro atoms. The standard InChI is InChI=1S/C17H15ClN2O/c1-12(8-13-4-3-7-16(18)10-13)20-17(21)15-6-2-5-14(9-15)11-19/h2-7,9-10,12H,8H2,1H3,(H,20,21)/t12-/m0/s1. The summed E-state index contributed by atoms with van der Waals surface area (Å²) >= 11 is 5.95. The molecule has 2 aromatic rings. The molecule has 0 aromatic heterocycles. The van der Waals surface area contributed by atoms with Crippen molar-refractivity contribution in [3.63, 3.8) is 0 Å². The zero-order valence-corrected chi connectivity index (χ0v) is 12.4. The number of hydrogen-bond donors (Lipinski definition) is 1. The predicted molar refractivity (Wildman–Crippen MR) is 83.2 cm³/mol. The quantitative estimate of drug-likeness (QED) is 0.938. The normalized spacial score (nSPS) is 11.5. The van der Waals surface area contributed by atoms with Crippen molar-refractivity contribution >= 4 is 17.5 Å². The molecule has 0 unspecified atom stereocenters. The van der Waals surface area contributed by atoms with Crippen LogP contribution in [0, 0.1) is 11.3 Å². The van der Waals surface area contributed by atoms with Gasteiger partial charge in [0.1, 0.15) is 0 Å². The lowest BCUT2D eigenvalue weighted by Gasteiger charge is -2.14. The molecule has 106 valence electrons. The van der Waals surface area contributed by atoms with Crippen molar-refractivity contribution in [2.75, 3.05) is 0 Å². The van der Waals surface area contributed by atoms with Crippen molar-refractivity contribution < 1.29 is 4.79 Å². The fraction of sp³-hybridized carbons (Fsp3) is 0.176. The maximum atomic E-state index is 12.1. The molecule has 1 atom stereocenters. The van der Waals surface area contributed by atoms with Crippen LogP contribution in [0.25, 0.3) is 0 Å². The first-order valence-electron chi connectivity index (χ1n) is 6.64. The first-order chi connectivity index (χ1) is 10.1. The molecule has 2 aromatic carbocycles. The van der Waals surface area contributed by atoms with Crippen molar-refractivity contribution in [2.24, 2.45) is 0 Å². The van der Waals surface area contributed by atoms with Crippen LogP contribution < -0.4 is 5.32 Å². The number of amides is 1. The summed E-state index contributed by atoms with van der Waals surface area (Å²) in [7, 11) is 0. The van der Waals surface area contributed by atoms with Gasteiger partial charge in [0, 0.05) is 16.6 Å². The van der Waals surface area contributed by atoms with Gasteiger partial charge in [0.15, 0.2) is 0 Å². The van der Waals surface area contributed by atoms with E-state index in [9.17, 15) is 4.79 Å². The average molecular weight is 299 g/mol. The Hall–Kier alpha value is -2.31. The summed E-state index contributed by atoms with van der Waals surface area (Å²) in [6.07, 6.45) is 0.699. The molecule has 0 saturated heterocycles. The van der Waals surface area contributed by atoms with Crippen molar-refractivity contribution in [1.29, 1.82) is 5.26 Å². The van der Waals surface area contributed by atoms with Gasteiger partial charge in [-0.25, -0.2) is 0 Å². The third kappa shape index (κ3) is 4.34. The number of carbonyl (C=O) groups is 1. The molecule has 0 aliphatic rings. The molecule has 1 N–H and O–H groups in total. The Balaban J connectivity index is 2.00. The second-order valence-corrected chi connectivity index (χ2v) is 5.34. The van der Waals surface area contributed by atoms with Crippen LogP contribution in [0.15, 0.2) is 48.5 Å². The van der Waals surface area contributed by atoms with Gasteiger partial charge in [0.05, 0.1) is 11.6 Å². The van der Waals surface area contributed by atoms with Crippen molar-refractivity contribution in [2.45, 2.75) is 19.4 Å². The van der Waals surface area contributed by atoms with Crippen LogP contribution in [0.2, 0.25) is 5.02 Å². The summed E-state index contributed by atoms with van der Waals surface area (Å²) in [4.78, 5) is 12.1. The molecule has 1 amide bonds. The minimum absolute atomic E-state index is 0.0262. The number of nitriles is 1. The molecule has 4 heteroatoms. The van der Waals surface area contributed by atoms with Gasteiger partial charge in [-0.15, -0.1) is 0 Å². The number of benzene rings is 2. The molecule has 0 saturated carbocycles. The van der Waals surface area contributed by atoms with E-state index in [2.05, 4.69) is 5.32 Å². The summed E-state index contributed by atoms with van der Waals surface area (Å²) < 4.78 is 0. The van der Waals surface area contributed by atoms with Crippen molar-refractivity contribution in [3.05, 3.63) is 70.2 Å². The van der Waals surface area contributed by atoms with Gasteiger partial charge in [-0.05, 0) is 49.2 Å². The molecule has 0 heterocycles. The lowest BCUT2D eigenvalue weighted by Crippen LogP contribution is -2.34. The second-order valence-electron chi connectivity index (χ2n) is 4.90. The molecule has 0 fully saturated rings. The molecule has 0 aliphatic carbocycles. The topological polar surface area (TPSA) is 52.9 Å². The number of carbonyl (C=O) groups excluding carboxylic acids is 1. The number of rotatable bonds is 4. The summed E-state index contributed by atoms with van der Waals surface area (Å²) in [6.45, 7) is 1.94. The Labute approximate surface area is 129 Å². The summed E-state index contributed by atoms with van der Waals surface area (Å²) in [5.41, 5.74) is 2.04. The van der Waals surface area contributed by atoms with Gasteiger partial charge >= 0.3 is 0 Å². The molecule has 2 rings (SSSR count). The van der Waals surface area contributed by atoms with Crippen LogP contribution in [0.3, 0.4) is 0 Å². The van der Waals surface area contributed by atoms with E-state index in [4.69, 9.17) is 16.9 Å². The lowest BCUT2D eigenvalue weighted by atomic mass is 10.1. The van der Waals surface area contributed by atoms with E-state index in [1.165, 1.54) is 0 Å². The van der Waals surface area contributed by atoms with E-state index in [0.29, 0.717) is 22.6 Å². The highest BCUT2D eigenvalue weighted by atomic mass is 35.5. The largest absolute Gasteiger partial charge is 0.349 e. The average Bonchev–Trinajstić information content (AvgIpc) is 2.47. The highest BCUT2D eigenvalue weighted by Crippen LogP contribution is 2.12. The first-order valence-corrected chi connectivity index (χ1v) is 7.02. The van der Waals surface area contributed by atoms with Gasteiger partial charge in [-0.2, -0.15) is 5.26 Å². The number of nitrogens with zero attached hydrogens (tertiary/aromatic N) is 1. The highest BCUT2D eigenvalue weighted by molar-refractivity contribution is 6.30. The van der Waals surface area contributed by atoms with E-state index < -0.39 is 0 Å². The van der Waals surface area contributed by atoms with Crippen molar-refractivity contribution in [3.8, 4) is 6.07 Å². The summed E-state index contributed by atoms with van der Waals surface area (Å²) in [5, 5.41) is 12.5. The van der Waals surface area contributed by atoms with Gasteiger partial charge < -0.3 is 5.32 Å². The summed E-state index contributed by atoms with van der Waals surface area (Å²) in [6, 6.07) is 16.2. The van der Waals surface area contributed by atoms with Crippen LogP contribution in [0.4, 0.5) is 0 Å². The van der Waals surface area contributed by atoms with Crippen molar-refractivity contribution in [1.82, 2.24) is 5.32 Å². The minimum Gasteiger partial charge on any atom is -0.349 e. The van der Waals surface area contributed by atoms with Crippen LogP contribution in [0.1, 0.15) is 28.4 Å².